The molecule has 4 fully saturated rings. The van der Waals surface area contributed by atoms with Gasteiger partial charge in [-0.1, -0.05) is 57.9 Å². The van der Waals surface area contributed by atoms with Gasteiger partial charge < -0.3 is 33.8 Å². The molecule has 16 nitrogen and oxygen atoms in total. The molecule has 4 aromatic rings. The van der Waals surface area contributed by atoms with Crippen molar-refractivity contribution in [3.8, 4) is 17.3 Å². The number of rotatable bonds is 8. The summed E-state index contributed by atoms with van der Waals surface area (Å²) in [6, 6.07) is 7.18. The van der Waals surface area contributed by atoms with Crippen molar-refractivity contribution in [1.29, 1.82) is 0 Å². The molecule has 1 aromatic carbocycles. The summed E-state index contributed by atoms with van der Waals surface area (Å²) in [5.41, 5.74) is 0.179. The molecule has 2 aliphatic heterocycles. The number of allylic oxidation sites excluding steroid dienone is 1. The fraction of sp³-hybridized carbons (Fsp3) is 0.574. The van der Waals surface area contributed by atoms with Crippen molar-refractivity contribution in [1.82, 2.24) is 30.2 Å². The van der Waals surface area contributed by atoms with Crippen LogP contribution in [-0.2, 0) is 34.6 Å². The SMILES string of the molecule is Cc1oc(C(C)(C)C)cc1-c1nc(O[C@@H]2C[C@H]3C(=O)N[C@]4(C(=O)NS(=O)(=O)C5(C)CC5)C[C@H]4/C=C\CCCCC[C@H](NC(=O)OC4CCCC4)C(=O)N3C2)c2oc3ccccc3c2n1. The van der Waals surface area contributed by atoms with E-state index in [-0.39, 0.29) is 42.4 Å². The number of nitrogens with zero attached hydrogens (tertiary/aromatic N) is 3. The monoisotopic (exact) mass is 898 g/mol. The van der Waals surface area contributed by atoms with Crippen LogP contribution < -0.4 is 20.1 Å². The van der Waals surface area contributed by atoms with E-state index in [1.54, 1.807) is 6.92 Å². The van der Waals surface area contributed by atoms with E-state index >= 15 is 0 Å². The fourth-order valence-electron chi connectivity index (χ4n) is 9.28. The lowest BCUT2D eigenvalue weighted by Crippen LogP contribution is -2.58. The van der Waals surface area contributed by atoms with Crippen LogP contribution in [0.25, 0.3) is 33.5 Å². The third kappa shape index (κ3) is 8.47. The Kier molecular flexibility index (Phi) is 11.3. The summed E-state index contributed by atoms with van der Waals surface area (Å²) in [6.07, 6.45) is 9.66. The van der Waals surface area contributed by atoms with Crippen molar-refractivity contribution in [2.75, 3.05) is 6.54 Å². The van der Waals surface area contributed by atoms with Gasteiger partial charge in [0.2, 0.25) is 27.4 Å². The highest BCUT2D eigenvalue weighted by molar-refractivity contribution is 7.91. The summed E-state index contributed by atoms with van der Waals surface area (Å²) in [5.74, 6) is -0.611. The lowest BCUT2D eigenvalue weighted by Gasteiger charge is -2.30. The number of sulfonamides is 1. The second kappa shape index (κ2) is 16.5. The zero-order valence-corrected chi connectivity index (χ0v) is 38.0. The first-order chi connectivity index (χ1) is 30.4. The number of ether oxygens (including phenoxy) is 2. The molecule has 3 aromatic heterocycles. The Hall–Kier alpha value is -5.45. The molecule has 0 unspecified atom stereocenters. The maximum Gasteiger partial charge on any atom is 0.408 e. The second-order valence-corrected chi connectivity index (χ2v) is 21.9. The summed E-state index contributed by atoms with van der Waals surface area (Å²) in [6.45, 7) is 9.51. The van der Waals surface area contributed by atoms with Crippen molar-refractivity contribution in [2.24, 2.45) is 5.92 Å². The minimum Gasteiger partial charge on any atom is -0.470 e. The average Bonchev–Trinajstić information content (AvgIpc) is 3.75. The Balaban J connectivity index is 1.07. The van der Waals surface area contributed by atoms with Gasteiger partial charge in [-0.25, -0.2) is 18.2 Å². The highest BCUT2D eigenvalue weighted by atomic mass is 32.2. The first kappa shape index (κ1) is 43.8. The van der Waals surface area contributed by atoms with Gasteiger partial charge in [-0.05, 0) is 96.3 Å². The van der Waals surface area contributed by atoms with E-state index in [1.807, 2.05) is 49.4 Å². The highest BCUT2D eigenvalue weighted by Crippen LogP contribution is 2.48. The standard InChI is InChI=1S/C47H58N6O10S/c1-27-32(24-36(60-27)45(2,3)4)39-49-37-31-18-13-14-20-35(31)63-38(37)41(50-39)61-30-23-34-40(54)51-47(43(56)52-64(58,59)46(5)21-22-46)25-28(47)15-9-7-6-8-10-19-33(42(55)53(34)26-30)48-44(57)62-29-16-11-12-17-29/h9,13-15,18,20,24,28-30,33-34H,6-8,10-12,16-17,19,21-23,25-26H2,1-5H3,(H,48,57)(H,51,54)(H,52,56)/b15-9-/t28-,30-,33+,34+,47-/m1/s1. The van der Waals surface area contributed by atoms with Crippen molar-refractivity contribution in [2.45, 2.75) is 158 Å². The van der Waals surface area contributed by atoms with Gasteiger partial charge in [0.05, 0.1) is 16.9 Å². The molecule has 0 radical (unpaired) electrons. The maximum absolute atomic E-state index is 14.9. The predicted molar refractivity (Wildman–Crippen MR) is 237 cm³/mol. The molecule has 5 heterocycles. The highest BCUT2D eigenvalue weighted by Gasteiger charge is 2.63. The van der Waals surface area contributed by atoms with Crippen LogP contribution in [0.15, 0.2) is 51.3 Å². The second-order valence-electron chi connectivity index (χ2n) is 19.7. The topological polar surface area (TPSA) is 212 Å². The lowest BCUT2D eigenvalue weighted by molar-refractivity contribution is -0.141. The number of benzene rings is 1. The number of amides is 4. The van der Waals surface area contributed by atoms with E-state index in [1.165, 1.54) is 4.90 Å². The zero-order valence-electron chi connectivity index (χ0n) is 37.2. The smallest absolute Gasteiger partial charge is 0.408 e. The molecule has 0 bridgehead atoms. The third-order valence-corrected chi connectivity index (χ3v) is 15.9. The Morgan fingerprint density at radius 3 is 2.47 bits per heavy atom. The molecule has 3 saturated carbocycles. The van der Waals surface area contributed by atoms with E-state index in [2.05, 4.69) is 36.1 Å². The van der Waals surface area contributed by atoms with Crippen molar-refractivity contribution in [3.05, 3.63) is 54.0 Å². The van der Waals surface area contributed by atoms with Gasteiger partial charge in [0.15, 0.2) is 5.82 Å². The van der Waals surface area contributed by atoms with Crippen LogP contribution in [-0.4, -0.2) is 88.2 Å². The largest absolute Gasteiger partial charge is 0.470 e. The van der Waals surface area contributed by atoms with Crippen LogP contribution in [0, 0.1) is 12.8 Å². The Bertz CT molecular complexity index is 2640. The van der Waals surface area contributed by atoms with E-state index in [0.29, 0.717) is 60.4 Å². The Morgan fingerprint density at radius 2 is 1.73 bits per heavy atom. The number of fused-ring (bicyclic) bond motifs is 5. The van der Waals surface area contributed by atoms with Gasteiger partial charge in [-0.15, -0.1) is 0 Å². The molecule has 5 atom stereocenters. The zero-order chi connectivity index (χ0) is 45.2. The summed E-state index contributed by atoms with van der Waals surface area (Å²) < 4.78 is 52.8. The number of alkyl carbamates (subject to hydrolysis) is 1. The van der Waals surface area contributed by atoms with Gasteiger partial charge in [-0.3, -0.25) is 19.1 Å². The van der Waals surface area contributed by atoms with Gasteiger partial charge in [0, 0.05) is 23.1 Å². The molecule has 3 N–H and O–H groups in total. The number of aryl methyl sites for hydroxylation is 1. The number of carbonyl (C=O) groups excluding carboxylic acids is 4. The van der Waals surface area contributed by atoms with Gasteiger partial charge in [0.1, 0.15) is 52.5 Å². The molecular formula is C47H58N6O10S. The van der Waals surface area contributed by atoms with Crippen LogP contribution in [0.3, 0.4) is 0 Å². The lowest BCUT2D eigenvalue weighted by atomic mass is 9.93. The summed E-state index contributed by atoms with van der Waals surface area (Å²) >= 11 is 0. The number of hydrogen-bond acceptors (Lipinski definition) is 12. The quantitative estimate of drug-likeness (QED) is 0.152. The van der Waals surface area contributed by atoms with Gasteiger partial charge in [0.25, 0.3) is 11.8 Å². The minimum atomic E-state index is -4.03. The summed E-state index contributed by atoms with van der Waals surface area (Å²) in [7, 11) is -4.03. The van der Waals surface area contributed by atoms with Crippen LogP contribution in [0.4, 0.5) is 4.79 Å². The number of aromatic nitrogens is 2. The molecule has 5 aliphatic rings. The van der Waals surface area contributed by atoms with Crippen LogP contribution in [0.2, 0.25) is 0 Å². The van der Waals surface area contributed by atoms with Crippen LogP contribution in [0.1, 0.15) is 123 Å². The van der Waals surface area contributed by atoms with E-state index in [4.69, 9.17) is 28.3 Å². The van der Waals surface area contributed by atoms with Crippen molar-refractivity contribution < 1.29 is 45.9 Å². The molecule has 342 valence electrons. The van der Waals surface area contributed by atoms with Gasteiger partial charge >= 0.3 is 6.09 Å². The van der Waals surface area contributed by atoms with Crippen LogP contribution in [0.5, 0.6) is 5.88 Å². The predicted octanol–water partition coefficient (Wildman–Crippen LogP) is 7.02. The number of hydrogen-bond donors (Lipinski definition) is 3. The first-order valence-electron chi connectivity index (χ1n) is 22.7. The summed E-state index contributed by atoms with van der Waals surface area (Å²) in [4.78, 5) is 68.3. The van der Waals surface area contributed by atoms with E-state index < -0.39 is 68.2 Å². The molecule has 0 spiro atoms. The minimum absolute atomic E-state index is 0.0225. The number of para-hydroxylation sites is 1. The number of carbonyl (C=O) groups is 4. The number of furan rings is 2. The molecule has 4 amide bonds. The molecular weight excluding hydrogens is 841 g/mol. The Morgan fingerprint density at radius 1 is 0.984 bits per heavy atom. The molecule has 3 aliphatic carbocycles. The van der Waals surface area contributed by atoms with E-state index in [9.17, 15) is 27.6 Å². The Labute approximate surface area is 372 Å². The van der Waals surface area contributed by atoms with E-state index in [0.717, 1.165) is 49.7 Å². The third-order valence-electron chi connectivity index (χ3n) is 13.7. The average molecular weight is 899 g/mol. The first-order valence-corrected chi connectivity index (χ1v) is 24.2. The molecule has 17 heteroatoms. The fourth-order valence-corrected chi connectivity index (χ4v) is 10.6. The van der Waals surface area contributed by atoms with Gasteiger partial charge in [-0.2, -0.15) is 4.98 Å². The molecule has 9 rings (SSSR count). The summed E-state index contributed by atoms with van der Waals surface area (Å²) in [5, 5.41) is 6.50. The maximum atomic E-state index is 14.9. The van der Waals surface area contributed by atoms with Crippen molar-refractivity contribution >= 4 is 55.9 Å². The molecule has 1 saturated heterocycles. The van der Waals surface area contributed by atoms with Crippen LogP contribution >= 0.6 is 0 Å². The number of nitrogens with one attached hydrogen (secondary N) is 3. The van der Waals surface area contributed by atoms with Crippen molar-refractivity contribution in [3.63, 3.8) is 0 Å². The molecule has 64 heavy (non-hydrogen) atoms. The normalized spacial score (nSPS) is 26.9.